The van der Waals surface area contributed by atoms with Crippen LogP contribution in [0.2, 0.25) is 0 Å². The van der Waals surface area contributed by atoms with Gasteiger partial charge < -0.3 is 0 Å². The number of carbonyl (C=O) groups is 1. The van der Waals surface area contributed by atoms with Gasteiger partial charge in [0.05, 0.1) is 0 Å². The molecular weight excluding hydrogens is 234 g/mol. The van der Waals surface area contributed by atoms with Crippen LogP contribution in [0.15, 0.2) is 36.7 Å². The van der Waals surface area contributed by atoms with Gasteiger partial charge in [0.2, 0.25) is 0 Å². The number of carbonyl (C=O) groups excluding carboxylic acids is 1. The minimum Gasteiger partial charge on any atom is -0.294 e. The Morgan fingerprint density at radius 3 is 2.89 bits per heavy atom. The molecule has 3 rings (SSSR count). The van der Waals surface area contributed by atoms with E-state index in [2.05, 4.69) is 18.8 Å². The summed E-state index contributed by atoms with van der Waals surface area (Å²) in [5.74, 6) is 0.463. The van der Waals surface area contributed by atoms with Gasteiger partial charge in [0, 0.05) is 29.3 Å². The van der Waals surface area contributed by atoms with E-state index < -0.39 is 0 Å². The largest absolute Gasteiger partial charge is 0.294 e. The van der Waals surface area contributed by atoms with Crippen LogP contribution in [0, 0.1) is 11.3 Å². The molecule has 1 aliphatic rings. The van der Waals surface area contributed by atoms with Crippen molar-refractivity contribution >= 4 is 16.6 Å². The number of rotatable bonds is 2. The molecule has 1 saturated carbocycles. The highest BCUT2D eigenvalue weighted by Crippen LogP contribution is 2.44. The van der Waals surface area contributed by atoms with Crippen LogP contribution in [0.25, 0.3) is 10.8 Å². The normalized spacial score (nSPS) is 21.7. The van der Waals surface area contributed by atoms with Crippen molar-refractivity contribution < 1.29 is 4.79 Å². The third-order valence-corrected chi connectivity index (χ3v) is 4.52. The Kier molecular flexibility index (Phi) is 2.89. The molecule has 98 valence electrons. The molecule has 0 N–H and O–H groups in total. The first kappa shape index (κ1) is 12.3. The van der Waals surface area contributed by atoms with Crippen molar-refractivity contribution in [2.24, 2.45) is 11.3 Å². The van der Waals surface area contributed by atoms with E-state index in [4.69, 9.17) is 0 Å². The van der Waals surface area contributed by atoms with Crippen molar-refractivity contribution in [3.8, 4) is 0 Å². The summed E-state index contributed by atoms with van der Waals surface area (Å²) in [7, 11) is 0. The number of hydrogen-bond acceptors (Lipinski definition) is 2. The van der Waals surface area contributed by atoms with Crippen LogP contribution < -0.4 is 0 Å². The first-order chi connectivity index (χ1) is 9.09. The first-order valence-electron chi connectivity index (χ1n) is 6.96. The predicted molar refractivity (Wildman–Crippen MR) is 77.2 cm³/mol. The third-order valence-electron chi connectivity index (χ3n) is 4.52. The molecule has 0 spiro atoms. The van der Waals surface area contributed by atoms with Gasteiger partial charge in [-0.2, -0.15) is 0 Å². The van der Waals surface area contributed by atoms with Crippen LogP contribution >= 0.6 is 0 Å². The van der Waals surface area contributed by atoms with Crippen molar-refractivity contribution in [2.45, 2.75) is 33.1 Å². The fourth-order valence-corrected chi connectivity index (χ4v) is 3.34. The van der Waals surface area contributed by atoms with Crippen molar-refractivity contribution in [3.63, 3.8) is 0 Å². The number of hydrogen-bond donors (Lipinski definition) is 0. The molecule has 19 heavy (non-hydrogen) atoms. The van der Waals surface area contributed by atoms with E-state index in [0.717, 1.165) is 35.6 Å². The number of ketones is 1. The summed E-state index contributed by atoms with van der Waals surface area (Å²) in [6.45, 7) is 4.44. The lowest BCUT2D eigenvalue weighted by Gasteiger charge is -2.26. The molecule has 1 aromatic carbocycles. The van der Waals surface area contributed by atoms with E-state index in [9.17, 15) is 4.79 Å². The maximum absolute atomic E-state index is 12.9. The quantitative estimate of drug-likeness (QED) is 0.749. The molecule has 2 nitrogen and oxygen atoms in total. The fraction of sp³-hybridized carbons (Fsp3) is 0.412. The first-order valence-corrected chi connectivity index (χ1v) is 6.96. The van der Waals surface area contributed by atoms with Gasteiger partial charge >= 0.3 is 0 Å². The van der Waals surface area contributed by atoms with E-state index in [1.165, 1.54) is 0 Å². The van der Waals surface area contributed by atoms with Crippen molar-refractivity contribution in [1.82, 2.24) is 4.98 Å². The molecule has 1 atom stereocenters. The molecule has 1 unspecified atom stereocenters. The molecule has 0 bridgehead atoms. The Hall–Kier alpha value is -1.70. The topological polar surface area (TPSA) is 30.0 Å². The minimum atomic E-state index is 0.131. The highest BCUT2D eigenvalue weighted by Gasteiger charge is 2.39. The van der Waals surface area contributed by atoms with Gasteiger partial charge in [-0.1, -0.05) is 38.5 Å². The van der Waals surface area contributed by atoms with Crippen LogP contribution in [0.3, 0.4) is 0 Å². The zero-order valence-electron chi connectivity index (χ0n) is 11.5. The van der Waals surface area contributed by atoms with Gasteiger partial charge in [-0.25, -0.2) is 0 Å². The average molecular weight is 253 g/mol. The number of fused-ring (bicyclic) bond motifs is 1. The van der Waals surface area contributed by atoms with Crippen molar-refractivity contribution in [1.29, 1.82) is 0 Å². The molecular formula is C17H19NO. The zero-order chi connectivity index (χ0) is 13.5. The van der Waals surface area contributed by atoms with Gasteiger partial charge in [0.25, 0.3) is 0 Å². The third kappa shape index (κ3) is 2.05. The van der Waals surface area contributed by atoms with Crippen LogP contribution in [0.1, 0.15) is 43.5 Å². The van der Waals surface area contributed by atoms with E-state index in [1.54, 1.807) is 6.20 Å². The lowest BCUT2D eigenvalue weighted by molar-refractivity contribution is 0.0841. The Bertz CT molecular complexity index is 625. The van der Waals surface area contributed by atoms with Gasteiger partial charge in [0.15, 0.2) is 5.78 Å². The van der Waals surface area contributed by atoms with Crippen LogP contribution in [-0.2, 0) is 0 Å². The molecule has 1 fully saturated rings. The van der Waals surface area contributed by atoms with Crippen LogP contribution in [0.4, 0.5) is 0 Å². The molecule has 0 saturated heterocycles. The molecule has 1 aliphatic carbocycles. The molecule has 0 aliphatic heterocycles. The Balaban J connectivity index is 2.07. The van der Waals surface area contributed by atoms with E-state index in [-0.39, 0.29) is 11.3 Å². The number of aromatic nitrogens is 1. The molecule has 2 heteroatoms. The minimum absolute atomic E-state index is 0.131. The number of pyridine rings is 1. The maximum atomic E-state index is 12.9. The second-order valence-electron chi connectivity index (χ2n) is 6.20. The summed E-state index contributed by atoms with van der Waals surface area (Å²) in [4.78, 5) is 17.0. The SMILES string of the molecule is CC1(C)CCCC1C(=O)c1cccc2cnccc12. The monoisotopic (exact) mass is 253 g/mol. The van der Waals surface area contributed by atoms with Gasteiger partial charge in [-0.15, -0.1) is 0 Å². The summed E-state index contributed by atoms with van der Waals surface area (Å²) in [6.07, 6.45) is 6.92. The molecule has 1 heterocycles. The lowest BCUT2D eigenvalue weighted by Crippen LogP contribution is -2.26. The zero-order valence-corrected chi connectivity index (χ0v) is 11.5. The van der Waals surface area contributed by atoms with E-state index in [0.29, 0.717) is 5.78 Å². The van der Waals surface area contributed by atoms with E-state index >= 15 is 0 Å². The summed E-state index contributed by atoms with van der Waals surface area (Å²) in [6, 6.07) is 7.88. The summed E-state index contributed by atoms with van der Waals surface area (Å²) in [5.41, 5.74) is 0.992. The second-order valence-corrected chi connectivity index (χ2v) is 6.20. The summed E-state index contributed by atoms with van der Waals surface area (Å²) < 4.78 is 0. The Morgan fingerprint density at radius 2 is 2.16 bits per heavy atom. The number of nitrogens with zero attached hydrogens (tertiary/aromatic N) is 1. The molecule has 0 amide bonds. The summed E-state index contributed by atoms with van der Waals surface area (Å²) >= 11 is 0. The average Bonchev–Trinajstić information content (AvgIpc) is 2.77. The molecule has 2 aromatic rings. The predicted octanol–water partition coefficient (Wildman–Crippen LogP) is 4.24. The fourth-order valence-electron chi connectivity index (χ4n) is 3.34. The Labute approximate surface area is 113 Å². The lowest BCUT2D eigenvalue weighted by atomic mass is 9.77. The van der Waals surface area contributed by atoms with E-state index in [1.807, 2.05) is 30.5 Å². The molecule has 0 radical (unpaired) electrons. The van der Waals surface area contributed by atoms with Crippen LogP contribution in [-0.4, -0.2) is 10.8 Å². The highest BCUT2D eigenvalue weighted by molar-refractivity contribution is 6.09. The highest BCUT2D eigenvalue weighted by atomic mass is 16.1. The second kappa shape index (κ2) is 4.44. The molecule has 1 aromatic heterocycles. The van der Waals surface area contributed by atoms with Crippen molar-refractivity contribution in [2.75, 3.05) is 0 Å². The summed E-state index contributed by atoms with van der Waals surface area (Å²) in [5, 5.41) is 2.08. The van der Waals surface area contributed by atoms with Crippen molar-refractivity contribution in [3.05, 3.63) is 42.2 Å². The number of benzene rings is 1. The Morgan fingerprint density at radius 1 is 1.32 bits per heavy atom. The smallest absolute Gasteiger partial charge is 0.167 e. The standard InChI is InChI=1S/C17H19NO/c1-17(2)9-4-7-15(17)16(19)14-6-3-5-12-11-18-10-8-13(12)14/h3,5-6,8,10-11,15H,4,7,9H2,1-2H3. The van der Waals surface area contributed by atoms with Crippen LogP contribution in [0.5, 0.6) is 0 Å². The van der Waals surface area contributed by atoms with Gasteiger partial charge in [0.1, 0.15) is 0 Å². The maximum Gasteiger partial charge on any atom is 0.167 e. The van der Waals surface area contributed by atoms with Gasteiger partial charge in [-0.3, -0.25) is 9.78 Å². The van der Waals surface area contributed by atoms with Gasteiger partial charge in [-0.05, 0) is 29.7 Å². The number of Topliss-reactive ketones (excluding diaryl/α,β-unsaturated/α-hetero) is 1.